The van der Waals surface area contributed by atoms with Crippen molar-refractivity contribution in [2.45, 2.75) is 19.6 Å². The van der Waals surface area contributed by atoms with E-state index in [1.54, 1.807) is 18.2 Å². The van der Waals surface area contributed by atoms with Crippen molar-refractivity contribution in [1.29, 1.82) is 0 Å². The largest absolute Gasteiger partial charge is 0.449 e. The van der Waals surface area contributed by atoms with Gasteiger partial charge in [0, 0.05) is 5.56 Å². The summed E-state index contributed by atoms with van der Waals surface area (Å²) in [6.07, 6.45) is -4.58. The van der Waals surface area contributed by atoms with Crippen LogP contribution in [0.2, 0.25) is 0 Å². The van der Waals surface area contributed by atoms with Crippen LogP contribution >= 0.6 is 0 Å². The van der Waals surface area contributed by atoms with Crippen LogP contribution in [0.15, 0.2) is 53.1 Å². The van der Waals surface area contributed by atoms with Crippen molar-refractivity contribution >= 4 is 11.0 Å². The van der Waals surface area contributed by atoms with Crippen molar-refractivity contribution in [3.05, 3.63) is 65.8 Å². The number of aryl methyl sites for hydroxylation is 1. The number of halogens is 3. The van der Waals surface area contributed by atoms with Crippen LogP contribution in [0.3, 0.4) is 0 Å². The molecule has 132 valence electrons. The highest BCUT2D eigenvalue weighted by Crippen LogP contribution is 2.32. The van der Waals surface area contributed by atoms with Gasteiger partial charge < -0.3 is 9.09 Å². The van der Waals surface area contributed by atoms with Crippen molar-refractivity contribution in [3.8, 4) is 11.4 Å². The summed E-state index contributed by atoms with van der Waals surface area (Å²) in [5, 5.41) is 3.88. The lowest BCUT2D eigenvalue weighted by molar-refractivity contribution is -0.146. The Hall–Kier alpha value is -3.16. The lowest BCUT2D eigenvalue weighted by Gasteiger charge is -2.08. The molecule has 0 saturated carbocycles. The predicted octanol–water partition coefficient (Wildman–Crippen LogP) is 4.46. The number of fused-ring (bicyclic) bond motifs is 1. The molecule has 0 unspecified atom stereocenters. The van der Waals surface area contributed by atoms with Gasteiger partial charge in [-0.05, 0) is 25.1 Å². The van der Waals surface area contributed by atoms with Crippen molar-refractivity contribution in [2.75, 3.05) is 0 Å². The topological polar surface area (TPSA) is 56.7 Å². The van der Waals surface area contributed by atoms with Crippen molar-refractivity contribution in [1.82, 2.24) is 19.7 Å². The standard InChI is InChI=1S/C18H13F3N4O/c1-11-5-4-6-12(9-11)16-23-15(26-24-16)10-25-14-8-3-2-7-13(14)22-17(25)18(19,20)21/h2-9H,10H2,1H3. The van der Waals surface area contributed by atoms with E-state index in [0.29, 0.717) is 11.3 Å². The van der Waals surface area contributed by atoms with Gasteiger partial charge in [-0.1, -0.05) is 41.1 Å². The Morgan fingerprint density at radius 1 is 1.04 bits per heavy atom. The maximum absolute atomic E-state index is 13.4. The number of nitrogens with zero attached hydrogens (tertiary/aromatic N) is 4. The highest BCUT2D eigenvalue weighted by molar-refractivity contribution is 5.76. The molecule has 0 bridgehead atoms. The van der Waals surface area contributed by atoms with Crippen LogP contribution in [0.1, 0.15) is 17.3 Å². The van der Waals surface area contributed by atoms with Gasteiger partial charge in [-0.15, -0.1) is 0 Å². The molecule has 2 aromatic heterocycles. The van der Waals surface area contributed by atoms with Gasteiger partial charge in [0.1, 0.15) is 6.54 Å². The van der Waals surface area contributed by atoms with E-state index in [-0.39, 0.29) is 18.0 Å². The average Bonchev–Trinajstić information content (AvgIpc) is 3.20. The fourth-order valence-corrected chi connectivity index (χ4v) is 2.81. The molecule has 0 aliphatic rings. The second-order valence-corrected chi connectivity index (χ2v) is 5.89. The predicted molar refractivity (Wildman–Crippen MR) is 88.3 cm³/mol. The van der Waals surface area contributed by atoms with Crippen molar-refractivity contribution in [2.24, 2.45) is 0 Å². The zero-order valence-corrected chi connectivity index (χ0v) is 13.7. The SMILES string of the molecule is Cc1cccc(-c2noc(Cn3c(C(F)(F)F)nc4ccccc43)n2)c1. The third kappa shape index (κ3) is 2.94. The Labute approximate surface area is 146 Å². The molecular formula is C18H13F3N4O. The Bertz CT molecular complexity index is 1080. The molecule has 0 N–H and O–H groups in total. The minimum absolute atomic E-state index is 0.0789. The minimum Gasteiger partial charge on any atom is -0.337 e. The minimum atomic E-state index is -4.58. The van der Waals surface area contributed by atoms with Gasteiger partial charge in [-0.25, -0.2) is 4.98 Å². The first-order valence-corrected chi connectivity index (χ1v) is 7.84. The number of hydrogen-bond acceptors (Lipinski definition) is 4. The van der Waals surface area contributed by atoms with E-state index in [9.17, 15) is 13.2 Å². The summed E-state index contributed by atoms with van der Waals surface area (Å²) in [5.41, 5.74) is 2.38. The summed E-state index contributed by atoms with van der Waals surface area (Å²) in [6, 6.07) is 13.9. The Morgan fingerprint density at radius 2 is 1.85 bits per heavy atom. The molecule has 0 aliphatic heterocycles. The number of imidazole rings is 1. The van der Waals surface area contributed by atoms with Crippen LogP contribution in [0.5, 0.6) is 0 Å². The lowest BCUT2D eigenvalue weighted by atomic mass is 10.1. The first-order valence-electron chi connectivity index (χ1n) is 7.84. The molecule has 0 fully saturated rings. The van der Waals surface area contributed by atoms with Gasteiger partial charge in [0.2, 0.25) is 17.5 Å². The summed E-state index contributed by atoms with van der Waals surface area (Å²) < 4.78 is 46.3. The van der Waals surface area contributed by atoms with Gasteiger partial charge in [-0.2, -0.15) is 18.2 Å². The molecule has 2 aromatic carbocycles. The van der Waals surface area contributed by atoms with E-state index in [1.807, 2.05) is 31.2 Å². The van der Waals surface area contributed by atoms with Gasteiger partial charge in [0.05, 0.1) is 11.0 Å². The number of aromatic nitrogens is 4. The summed E-state index contributed by atoms with van der Waals surface area (Å²) in [6.45, 7) is 1.71. The van der Waals surface area contributed by atoms with E-state index >= 15 is 0 Å². The summed E-state index contributed by atoms with van der Waals surface area (Å²) >= 11 is 0. The molecule has 2 heterocycles. The molecule has 0 saturated heterocycles. The molecular weight excluding hydrogens is 345 g/mol. The molecule has 0 amide bonds. The van der Waals surface area contributed by atoms with Gasteiger partial charge >= 0.3 is 6.18 Å². The third-order valence-corrected chi connectivity index (χ3v) is 3.95. The van der Waals surface area contributed by atoms with Crippen LogP contribution in [-0.2, 0) is 12.7 Å². The second kappa shape index (κ2) is 5.98. The van der Waals surface area contributed by atoms with E-state index in [0.717, 1.165) is 15.7 Å². The van der Waals surface area contributed by atoms with Crippen LogP contribution < -0.4 is 0 Å². The molecule has 26 heavy (non-hydrogen) atoms. The lowest BCUT2D eigenvalue weighted by Crippen LogP contribution is -2.15. The van der Waals surface area contributed by atoms with Gasteiger partial charge in [0.25, 0.3) is 0 Å². The quantitative estimate of drug-likeness (QED) is 0.542. The highest BCUT2D eigenvalue weighted by atomic mass is 19.4. The Morgan fingerprint density at radius 3 is 2.62 bits per heavy atom. The smallest absolute Gasteiger partial charge is 0.337 e. The van der Waals surface area contributed by atoms with Crippen LogP contribution in [0.25, 0.3) is 22.4 Å². The maximum Gasteiger partial charge on any atom is 0.449 e. The van der Waals surface area contributed by atoms with E-state index < -0.39 is 12.0 Å². The second-order valence-electron chi connectivity index (χ2n) is 5.89. The molecule has 0 spiro atoms. The fraction of sp³-hybridized carbons (Fsp3) is 0.167. The Kier molecular flexibility index (Phi) is 3.75. The van der Waals surface area contributed by atoms with Crippen LogP contribution in [-0.4, -0.2) is 19.7 Å². The number of hydrogen-bond donors (Lipinski definition) is 0. The van der Waals surface area contributed by atoms with Crippen molar-refractivity contribution in [3.63, 3.8) is 0 Å². The molecule has 0 aliphatic carbocycles. The van der Waals surface area contributed by atoms with E-state index in [2.05, 4.69) is 15.1 Å². The van der Waals surface area contributed by atoms with Crippen LogP contribution in [0.4, 0.5) is 13.2 Å². The molecule has 4 aromatic rings. The van der Waals surface area contributed by atoms with Crippen LogP contribution in [0, 0.1) is 6.92 Å². The molecule has 8 heteroatoms. The van der Waals surface area contributed by atoms with Crippen molar-refractivity contribution < 1.29 is 17.7 Å². The molecule has 0 radical (unpaired) electrons. The highest BCUT2D eigenvalue weighted by Gasteiger charge is 2.38. The van der Waals surface area contributed by atoms with Gasteiger partial charge in [-0.3, -0.25) is 0 Å². The molecule has 4 rings (SSSR count). The maximum atomic E-state index is 13.4. The van der Waals surface area contributed by atoms with Gasteiger partial charge in [0.15, 0.2) is 0 Å². The summed E-state index contributed by atoms with van der Waals surface area (Å²) in [7, 11) is 0. The zero-order chi connectivity index (χ0) is 18.3. The van der Waals surface area contributed by atoms with E-state index in [1.165, 1.54) is 6.07 Å². The first-order chi connectivity index (χ1) is 12.4. The number of benzene rings is 2. The third-order valence-electron chi connectivity index (χ3n) is 3.95. The number of rotatable bonds is 3. The number of para-hydroxylation sites is 2. The normalized spacial score (nSPS) is 12.0. The Balaban J connectivity index is 1.74. The summed E-state index contributed by atoms with van der Waals surface area (Å²) in [5.74, 6) is -0.578. The molecule has 0 atom stereocenters. The fourth-order valence-electron chi connectivity index (χ4n) is 2.81. The zero-order valence-electron chi connectivity index (χ0n) is 13.7. The average molecular weight is 358 g/mol. The van der Waals surface area contributed by atoms with E-state index in [4.69, 9.17) is 4.52 Å². The summed E-state index contributed by atoms with van der Waals surface area (Å²) in [4.78, 5) is 7.94. The number of alkyl halides is 3. The monoisotopic (exact) mass is 358 g/mol. The first kappa shape index (κ1) is 16.3. The molecule has 5 nitrogen and oxygen atoms in total.